The molecule has 0 aromatic rings. The molecule has 0 aliphatic rings. The largest absolute Gasteiger partial charge is 0.462 e. The molecule has 0 spiro atoms. The van der Waals surface area contributed by atoms with Gasteiger partial charge in [0.15, 0.2) is 6.10 Å². The fourth-order valence-electron chi connectivity index (χ4n) is 9.29. The highest BCUT2D eigenvalue weighted by molar-refractivity contribution is 5.71. The Morgan fingerprint density at radius 2 is 0.476 bits per heavy atom. The van der Waals surface area contributed by atoms with Crippen LogP contribution in [0.2, 0.25) is 0 Å². The van der Waals surface area contributed by atoms with E-state index in [0.717, 1.165) is 141 Å². The summed E-state index contributed by atoms with van der Waals surface area (Å²) in [5.41, 5.74) is 0. The second-order valence-corrected chi connectivity index (χ2v) is 22.4. The SMILES string of the molecule is CC/C=C\C/C=C\C/C=C\C/C=C\C/C=C\C/C=C\C/C=C\C/C=C\C/C=C\C/C=C\CCCCCCC(=O)OCC(COC(=O)CCCCCCC/C=C\CCCCC)OC(=O)CCCCCCCCCCCCCCCCCCC. The van der Waals surface area contributed by atoms with Crippen molar-refractivity contribution in [2.45, 2.75) is 316 Å². The van der Waals surface area contributed by atoms with Crippen LogP contribution in [-0.4, -0.2) is 37.2 Å². The molecular formula is C76H126O6. The molecule has 6 heteroatoms. The minimum absolute atomic E-state index is 0.0903. The number of allylic oxidation sites excluding steroid dienone is 22. The third-order valence-electron chi connectivity index (χ3n) is 14.4. The van der Waals surface area contributed by atoms with Gasteiger partial charge in [0.2, 0.25) is 0 Å². The van der Waals surface area contributed by atoms with E-state index in [1.807, 2.05) is 0 Å². The third-order valence-corrected chi connectivity index (χ3v) is 14.4. The molecule has 0 rings (SSSR count). The van der Waals surface area contributed by atoms with E-state index in [2.05, 4.69) is 154 Å². The molecule has 0 N–H and O–H groups in total. The van der Waals surface area contributed by atoms with Crippen LogP contribution in [0.25, 0.3) is 0 Å². The van der Waals surface area contributed by atoms with Gasteiger partial charge in [-0.25, -0.2) is 0 Å². The molecule has 0 aromatic heterocycles. The van der Waals surface area contributed by atoms with E-state index in [4.69, 9.17) is 14.2 Å². The first kappa shape index (κ1) is 77.5. The molecule has 0 bridgehead atoms. The lowest BCUT2D eigenvalue weighted by Crippen LogP contribution is -2.30. The first-order chi connectivity index (χ1) is 40.5. The molecule has 1 atom stereocenters. The first-order valence-corrected chi connectivity index (χ1v) is 34.2. The molecule has 0 amide bonds. The van der Waals surface area contributed by atoms with Gasteiger partial charge in [0, 0.05) is 19.3 Å². The van der Waals surface area contributed by atoms with Crippen LogP contribution in [-0.2, 0) is 28.6 Å². The van der Waals surface area contributed by atoms with Crippen LogP contribution in [0.1, 0.15) is 310 Å². The van der Waals surface area contributed by atoms with E-state index in [1.54, 1.807) is 0 Å². The molecule has 6 nitrogen and oxygen atoms in total. The Hall–Kier alpha value is -4.45. The van der Waals surface area contributed by atoms with Crippen molar-refractivity contribution in [2.24, 2.45) is 0 Å². The Bertz CT molecular complexity index is 1730. The number of ether oxygens (including phenoxy) is 3. The van der Waals surface area contributed by atoms with Crippen LogP contribution in [0.4, 0.5) is 0 Å². The molecule has 466 valence electrons. The normalized spacial score (nSPS) is 13.0. The first-order valence-electron chi connectivity index (χ1n) is 34.2. The predicted molar refractivity (Wildman–Crippen MR) is 357 cm³/mol. The fraction of sp³-hybridized carbons (Fsp3) is 0.671. The van der Waals surface area contributed by atoms with Crippen molar-refractivity contribution in [1.29, 1.82) is 0 Å². The highest BCUT2D eigenvalue weighted by atomic mass is 16.6. The zero-order valence-electron chi connectivity index (χ0n) is 53.5. The van der Waals surface area contributed by atoms with Gasteiger partial charge < -0.3 is 14.2 Å². The molecule has 0 saturated heterocycles. The number of carbonyl (C=O) groups is 3. The van der Waals surface area contributed by atoms with Gasteiger partial charge in [-0.3, -0.25) is 14.4 Å². The lowest BCUT2D eigenvalue weighted by atomic mass is 10.0. The van der Waals surface area contributed by atoms with Crippen LogP contribution in [0.3, 0.4) is 0 Å². The summed E-state index contributed by atoms with van der Waals surface area (Å²) in [7, 11) is 0. The van der Waals surface area contributed by atoms with Crippen LogP contribution in [0.15, 0.2) is 134 Å². The highest BCUT2D eigenvalue weighted by Crippen LogP contribution is 2.16. The Kier molecular flexibility index (Phi) is 65.3. The van der Waals surface area contributed by atoms with E-state index in [1.165, 1.54) is 128 Å². The molecule has 0 radical (unpaired) electrons. The maximum absolute atomic E-state index is 12.9. The second kappa shape index (κ2) is 69.0. The summed E-state index contributed by atoms with van der Waals surface area (Å²) in [5, 5.41) is 0. The predicted octanol–water partition coefficient (Wildman–Crippen LogP) is 23.7. The summed E-state index contributed by atoms with van der Waals surface area (Å²) in [6.45, 7) is 6.49. The fourth-order valence-corrected chi connectivity index (χ4v) is 9.29. The van der Waals surface area contributed by atoms with Crippen molar-refractivity contribution >= 4 is 17.9 Å². The smallest absolute Gasteiger partial charge is 0.306 e. The number of esters is 3. The Morgan fingerprint density at radius 1 is 0.256 bits per heavy atom. The van der Waals surface area contributed by atoms with Gasteiger partial charge in [-0.2, -0.15) is 0 Å². The van der Waals surface area contributed by atoms with Crippen LogP contribution >= 0.6 is 0 Å². The van der Waals surface area contributed by atoms with Crippen molar-refractivity contribution in [3.63, 3.8) is 0 Å². The summed E-state index contributed by atoms with van der Waals surface area (Å²) < 4.78 is 16.9. The van der Waals surface area contributed by atoms with Crippen LogP contribution in [0.5, 0.6) is 0 Å². The zero-order valence-corrected chi connectivity index (χ0v) is 53.5. The van der Waals surface area contributed by atoms with Crippen molar-refractivity contribution in [3.05, 3.63) is 134 Å². The van der Waals surface area contributed by atoms with E-state index < -0.39 is 6.10 Å². The topological polar surface area (TPSA) is 78.9 Å². The monoisotopic (exact) mass is 1130 g/mol. The van der Waals surface area contributed by atoms with E-state index >= 15 is 0 Å². The van der Waals surface area contributed by atoms with Gasteiger partial charge in [0.25, 0.3) is 0 Å². The van der Waals surface area contributed by atoms with Crippen molar-refractivity contribution in [1.82, 2.24) is 0 Å². The minimum atomic E-state index is -0.794. The number of hydrogen-bond acceptors (Lipinski definition) is 6. The van der Waals surface area contributed by atoms with Gasteiger partial charge in [-0.15, -0.1) is 0 Å². The molecule has 0 heterocycles. The summed E-state index contributed by atoms with van der Waals surface area (Å²) in [6, 6.07) is 0. The van der Waals surface area contributed by atoms with Gasteiger partial charge in [-0.1, -0.05) is 302 Å². The van der Waals surface area contributed by atoms with Gasteiger partial charge >= 0.3 is 17.9 Å². The summed E-state index contributed by atoms with van der Waals surface area (Å²) in [5.74, 6) is -0.917. The van der Waals surface area contributed by atoms with Crippen molar-refractivity contribution in [2.75, 3.05) is 13.2 Å². The maximum Gasteiger partial charge on any atom is 0.306 e. The van der Waals surface area contributed by atoms with Gasteiger partial charge in [-0.05, 0) is 122 Å². The summed E-state index contributed by atoms with van der Waals surface area (Å²) in [4.78, 5) is 38.3. The molecule has 0 saturated carbocycles. The number of unbranched alkanes of at least 4 members (excludes halogenated alkanes) is 28. The zero-order chi connectivity index (χ0) is 59.2. The number of hydrogen-bond donors (Lipinski definition) is 0. The summed E-state index contributed by atoms with van der Waals surface area (Å²) >= 11 is 0. The Labute approximate surface area is 506 Å². The highest BCUT2D eigenvalue weighted by Gasteiger charge is 2.19. The lowest BCUT2D eigenvalue weighted by molar-refractivity contribution is -0.167. The Morgan fingerprint density at radius 3 is 0.780 bits per heavy atom. The second-order valence-electron chi connectivity index (χ2n) is 22.4. The molecule has 0 aliphatic heterocycles. The molecule has 0 aromatic carbocycles. The van der Waals surface area contributed by atoms with Crippen molar-refractivity contribution in [3.8, 4) is 0 Å². The Balaban J connectivity index is 4.31. The van der Waals surface area contributed by atoms with Crippen molar-refractivity contribution < 1.29 is 28.6 Å². The van der Waals surface area contributed by atoms with E-state index in [9.17, 15) is 14.4 Å². The average molecular weight is 1140 g/mol. The number of carbonyl (C=O) groups excluding carboxylic acids is 3. The average Bonchev–Trinajstić information content (AvgIpc) is 3.47. The van der Waals surface area contributed by atoms with Gasteiger partial charge in [0.05, 0.1) is 0 Å². The van der Waals surface area contributed by atoms with E-state index in [-0.39, 0.29) is 31.1 Å². The molecule has 1 unspecified atom stereocenters. The maximum atomic E-state index is 12.9. The van der Waals surface area contributed by atoms with E-state index in [0.29, 0.717) is 19.3 Å². The standard InChI is InChI=1S/C76H126O6/c1-4-7-10-13-16-19-22-25-27-29-30-31-32-33-34-35-36-37-38-39-40-41-42-43-44-45-46-48-49-51-54-57-60-63-66-69-75(78)81-72-73(71-80-74(77)68-65-62-59-56-53-24-21-18-15-12-9-6-3)82-76(79)70-67-64-61-58-55-52-50-47-28-26-23-20-17-14-11-8-5-2/h7,10,16,18-19,21,25,27,30-31,33-34,36-37,39-40,42-43,45-46,49,51,73H,4-6,8-9,11-15,17,20,22-24,26,28-29,32,35,38,41,44,47-48,50,52-72H2,1-3H3/b10-7-,19-16-,21-18-,27-25-,31-30-,34-33-,37-36-,40-39-,43-42-,46-45-,51-49-. The number of rotatable bonds is 61. The third kappa shape index (κ3) is 66.4. The van der Waals surface area contributed by atoms with Crippen LogP contribution < -0.4 is 0 Å². The molecule has 82 heavy (non-hydrogen) atoms. The van der Waals surface area contributed by atoms with Crippen LogP contribution in [0, 0.1) is 0 Å². The van der Waals surface area contributed by atoms with Gasteiger partial charge in [0.1, 0.15) is 13.2 Å². The molecule has 0 aliphatic carbocycles. The minimum Gasteiger partial charge on any atom is -0.462 e. The summed E-state index contributed by atoms with van der Waals surface area (Å²) in [6.07, 6.45) is 97.6. The molecular weight excluding hydrogens is 1010 g/mol. The quantitative estimate of drug-likeness (QED) is 0.0261. The molecule has 0 fully saturated rings. The lowest BCUT2D eigenvalue weighted by Gasteiger charge is -2.18.